The molecule has 0 heterocycles. The summed E-state index contributed by atoms with van der Waals surface area (Å²) in [6.07, 6.45) is 9.41. The molecule has 1 aliphatic rings. The number of hydrogen-bond donors (Lipinski definition) is 1. The Bertz CT molecular complexity index is 215. The minimum Gasteiger partial charge on any atom is -0.330 e. The fourth-order valence-electron chi connectivity index (χ4n) is 2.89. The summed E-state index contributed by atoms with van der Waals surface area (Å²) in [4.78, 5) is 2.53. The van der Waals surface area contributed by atoms with Crippen LogP contribution in [0.5, 0.6) is 0 Å². The minimum absolute atomic E-state index is 0.300. The number of nitrogens with two attached hydrogens (primary N) is 1. The van der Waals surface area contributed by atoms with Crippen LogP contribution in [0.4, 0.5) is 0 Å². The molecule has 102 valence electrons. The van der Waals surface area contributed by atoms with Gasteiger partial charge in [0.1, 0.15) is 0 Å². The Morgan fingerprint density at radius 1 is 1.12 bits per heavy atom. The van der Waals surface area contributed by atoms with Gasteiger partial charge in [0.15, 0.2) is 0 Å². The average molecular weight is 240 g/mol. The van der Waals surface area contributed by atoms with Gasteiger partial charge in [-0.1, -0.05) is 32.6 Å². The second-order valence-corrected chi connectivity index (χ2v) is 6.64. The molecule has 0 saturated heterocycles. The van der Waals surface area contributed by atoms with E-state index in [1.165, 1.54) is 51.5 Å². The molecule has 0 aromatic carbocycles. The summed E-state index contributed by atoms with van der Waals surface area (Å²) in [5.41, 5.74) is 6.80. The van der Waals surface area contributed by atoms with Gasteiger partial charge in [-0.3, -0.25) is 0 Å². The van der Waals surface area contributed by atoms with E-state index in [4.69, 9.17) is 5.73 Å². The van der Waals surface area contributed by atoms with E-state index in [2.05, 4.69) is 32.7 Å². The first-order chi connectivity index (χ1) is 7.96. The van der Waals surface area contributed by atoms with E-state index < -0.39 is 0 Å². The van der Waals surface area contributed by atoms with Crippen molar-refractivity contribution in [1.82, 2.24) is 4.90 Å². The highest BCUT2D eigenvalue weighted by molar-refractivity contribution is 4.89. The first-order valence-electron chi connectivity index (χ1n) is 7.37. The second kappa shape index (κ2) is 6.19. The van der Waals surface area contributed by atoms with Crippen LogP contribution in [0.1, 0.15) is 65.7 Å². The lowest BCUT2D eigenvalue weighted by atomic mass is 9.79. The first kappa shape index (κ1) is 15.0. The van der Waals surface area contributed by atoms with Crippen molar-refractivity contribution in [2.24, 2.45) is 11.1 Å². The van der Waals surface area contributed by atoms with Gasteiger partial charge in [0.2, 0.25) is 0 Å². The zero-order valence-corrected chi connectivity index (χ0v) is 12.4. The molecule has 1 saturated carbocycles. The maximum absolute atomic E-state index is 6.11. The molecule has 2 heteroatoms. The Morgan fingerprint density at radius 3 is 2.06 bits per heavy atom. The van der Waals surface area contributed by atoms with E-state index in [9.17, 15) is 0 Å². The first-order valence-corrected chi connectivity index (χ1v) is 7.37. The summed E-state index contributed by atoms with van der Waals surface area (Å²) in [7, 11) is 2.27. The topological polar surface area (TPSA) is 29.3 Å². The van der Waals surface area contributed by atoms with Crippen LogP contribution in [0.15, 0.2) is 0 Å². The van der Waals surface area contributed by atoms with Crippen LogP contribution in [0.2, 0.25) is 0 Å². The van der Waals surface area contributed by atoms with Gasteiger partial charge in [-0.25, -0.2) is 0 Å². The third-order valence-electron chi connectivity index (χ3n) is 5.07. The predicted octanol–water partition coefficient (Wildman–Crippen LogP) is 3.41. The molecule has 0 aliphatic heterocycles. The third kappa shape index (κ3) is 3.96. The van der Waals surface area contributed by atoms with Crippen molar-refractivity contribution in [1.29, 1.82) is 0 Å². The normalized spacial score (nSPS) is 21.5. The molecule has 0 unspecified atom stereocenters. The summed E-state index contributed by atoms with van der Waals surface area (Å²) in [6.45, 7) is 8.99. The number of hydrogen-bond acceptors (Lipinski definition) is 2. The van der Waals surface area contributed by atoms with Gasteiger partial charge in [0.25, 0.3) is 0 Å². The highest BCUT2D eigenvalue weighted by atomic mass is 15.2. The summed E-state index contributed by atoms with van der Waals surface area (Å²) < 4.78 is 0. The molecule has 0 spiro atoms. The molecule has 2 nitrogen and oxygen atoms in total. The van der Waals surface area contributed by atoms with E-state index in [0.29, 0.717) is 11.0 Å². The van der Waals surface area contributed by atoms with Gasteiger partial charge in [0.05, 0.1) is 0 Å². The zero-order chi connectivity index (χ0) is 12.9. The zero-order valence-electron chi connectivity index (χ0n) is 12.4. The molecule has 17 heavy (non-hydrogen) atoms. The SMILES string of the molecule is CCC(C)(C)N(C)CC1(CN)CCCCCC1. The van der Waals surface area contributed by atoms with Crippen molar-refractivity contribution < 1.29 is 0 Å². The third-order valence-corrected chi connectivity index (χ3v) is 5.07. The maximum atomic E-state index is 6.11. The van der Waals surface area contributed by atoms with Gasteiger partial charge in [0, 0.05) is 12.1 Å². The van der Waals surface area contributed by atoms with Crippen LogP contribution in [0.25, 0.3) is 0 Å². The molecular formula is C15H32N2. The number of rotatable bonds is 5. The van der Waals surface area contributed by atoms with Crippen molar-refractivity contribution in [3.05, 3.63) is 0 Å². The Kier molecular flexibility index (Phi) is 5.46. The summed E-state index contributed by atoms with van der Waals surface area (Å²) in [5.74, 6) is 0. The molecule has 0 radical (unpaired) electrons. The predicted molar refractivity (Wildman–Crippen MR) is 76.2 cm³/mol. The van der Waals surface area contributed by atoms with Crippen molar-refractivity contribution in [2.45, 2.75) is 71.3 Å². The van der Waals surface area contributed by atoms with Gasteiger partial charge in [-0.2, -0.15) is 0 Å². The maximum Gasteiger partial charge on any atom is 0.0147 e. The van der Waals surface area contributed by atoms with Crippen LogP contribution in [0.3, 0.4) is 0 Å². The average Bonchev–Trinajstić information content (AvgIpc) is 2.55. The molecule has 0 amide bonds. The van der Waals surface area contributed by atoms with Crippen molar-refractivity contribution in [3.63, 3.8) is 0 Å². The Hall–Kier alpha value is -0.0800. The molecule has 1 rings (SSSR count). The lowest BCUT2D eigenvalue weighted by Crippen LogP contribution is -2.49. The van der Waals surface area contributed by atoms with Crippen molar-refractivity contribution in [2.75, 3.05) is 20.1 Å². The van der Waals surface area contributed by atoms with Crippen LogP contribution in [-0.2, 0) is 0 Å². The van der Waals surface area contributed by atoms with E-state index in [-0.39, 0.29) is 0 Å². The largest absolute Gasteiger partial charge is 0.330 e. The van der Waals surface area contributed by atoms with Crippen LogP contribution in [-0.4, -0.2) is 30.6 Å². The summed E-state index contributed by atoms with van der Waals surface area (Å²) in [6, 6.07) is 0. The quantitative estimate of drug-likeness (QED) is 0.746. The van der Waals surface area contributed by atoms with Crippen molar-refractivity contribution in [3.8, 4) is 0 Å². The van der Waals surface area contributed by atoms with Crippen LogP contribution < -0.4 is 5.73 Å². The minimum atomic E-state index is 0.300. The molecule has 0 atom stereocenters. The Balaban J connectivity index is 2.67. The van der Waals surface area contributed by atoms with Gasteiger partial charge >= 0.3 is 0 Å². The second-order valence-electron chi connectivity index (χ2n) is 6.64. The fourth-order valence-corrected chi connectivity index (χ4v) is 2.89. The van der Waals surface area contributed by atoms with E-state index >= 15 is 0 Å². The van der Waals surface area contributed by atoms with E-state index in [1.807, 2.05) is 0 Å². The van der Waals surface area contributed by atoms with Crippen LogP contribution in [0, 0.1) is 5.41 Å². The van der Waals surface area contributed by atoms with E-state index in [0.717, 1.165) is 6.54 Å². The summed E-state index contributed by atoms with van der Waals surface area (Å²) >= 11 is 0. The molecule has 2 N–H and O–H groups in total. The Labute approximate surface area is 108 Å². The molecule has 0 aromatic heterocycles. The number of nitrogens with zero attached hydrogens (tertiary/aromatic N) is 1. The van der Waals surface area contributed by atoms with E-state index in [1.54, 1.807) is 0 Å². The van der Waals surface area contributed by atoms with Gasteiger partial charge in [-0.05, 0) is 52.1 Å². The molecule has 0 aromatic rings. The fraction of sp³-hybridized carbons (Fsp3) is 1.00. The molecule has 0 bridgehead atoms. The lowest BCUT2D eigenvalue weighted by molar-refractivity contribution is 0.0756. The standard InChI is InChI=1S/C15H32N2/c1-5-14(2,3)17(4)13-15(12-16)10-8-6-7-9-11-15/h5-13,16H2,1-4H3. The van der Waals surface area contributed by atoms with Crippen molar-refractivity contribution >= 4 is 0 Å². The monoisotopic (exact) mass is 240 g/mol. The lowest BCUT2D eigenvalue weighted by Gasteiger charge is -2.42. The van der Waals surface area contributed by atoms with Gasteiger partial charge in [-0.15, -0.1) is 0 Å². The molecular weight excluding hydrogens is 208 g/mol. The summed E-state index contributed by atoms with van der Waals surface area (Å²) in [5, 5.41) is 0. The highest BCUT2D eigenvalue weighted by Gasteiger charge is 2.34. The van der Waals surface area contributed by atoms with Gasteiger partial charge < -0.3 is 10.6 Å². The highest BCUT2D eigenvalue weighted by Crippen LogP contribution is 2.36. The smallest absolute Gasteiger partial charge is 0.0147 e. The molecule has 1 fully saturated rings. The molecule has 1 aliphatic carbocycles. The van der Waals surface area contributed by atoms with Crippen LogP contribution >= 0.6 is 0 Å². The Morgan fingerprint density at radius 2 is 1.65 bits per heavy atom.